The molecule has 3 atom stereocenters. The molecule has 2 aliphatic rings. The van der Waals surface area contributed by atoms with Crippen LogP contribution in [-0.2, 0) is 0 Å². The monoisotopic (exact) mass is 221 g/mol. The molecule has 3 rings (SSSR count). The average Bonchev–Trinajstić information content (AvgIpc) is 2.66. The topological polar surface area (TPSA) is 12.0 Å². The standard InChI is InChI=1S/C13H19NS/c1-8-6-7-15-13(8)12(14-2)11-9-4-3-5-10(9)11/h6-7,9-12,14H,3-5H2,1-2H3. The lowest BCUT2D eigenvalue weighted by atomic mass is 10.0. The fourth-order valence-corrected chi connectivity index (χ4v) is 4.67. The van der Waals surface area contributed by atoms with E-state index in [9.17, 15) is 0 Å². The molecule has 2 aliphatic carbocycles. The predicted octanol–water partition coefficient (Wildman–Crippen LogP) is 3.36. The van der Waals surface area contributed by atoms with Crippen LogP contribution in [0.15, 0.2) is 11.4 Å². The van der Waals surface area contributed by atoms with E-state index in [-0.39, 0.29) is 0 Å². The van der Waals surface area contributed by atoms with Gasteiger partial charge in [-0.1, -0.05) is 6.42 Å². The van der Waals surface area contributed by atoms with Gasteiger partial charge in [0, 0.05) is 10.9 Å². The fourth-order valence-electron chi connectivity index (χ4n) is 3.57. The zero-order valence-corrected chi connectivity index (χ0v) is 10.3. The number of hydrogen-bond donors (Lipinski definition) is 1. The van der Waals surface area contributed by atoms with E-state index in [2.05, 4.69) is 30.7 Å². The molecule has 82 valence electrons. The van der Waals surface area contributed by atoms with Gasteiger partial charge in [0.1, 0.15) is 0 Å². The molecule has 0 amide bonds. The molecule has 2 fully saturated rings. The zero-order chi connectivity index (χ0) is 10.4. The van der Waals surface area contributed by atoms with Crippen molar-refractivity contribution in [3.8, 4) is 0 Å². The molecule has 2 saturated carbocycles. The van der Waals surface area contributed by atoms with Crippen LogP contribution in [0.25, 0.3) is 0 Å². The quantitative estimate of drug-likeness (QED) is 0.825. The first-order valence-electron chi connectivity index (χ1n) is 6.04. The predicted molar refractivity (Wildman–Crippen MR) is 65.2 cm³/mol. The van der Waals surface area contributed by atoms with Gasteiger partial charge in [0.05, 0.1) is 0 Å². The smallest absolute Gasteiger partial charge is 0.0449 e. The van der Waals surface area contributed by atoms with Crippen molar-refractivity contribution < 1.29 is 0 Å². The summed E-state index contributed by atoms with van der Waals surface area (Å²) in [7, 11) is 2.12. The highest BCUT2D eigenvalue weighted by atomic mass is 32.1. The molecular weight excluding hydrogens is 202 g/mol. The summed E-state index contributed by atoms with van der Waals surface area (Å²) in [6.45, 7) is 2.24. The summed E-state index contributed by atoms with van der Waals surface area (Å²) in [5.41, 5.74) is 1.48. The van der Waals surface area contributed by atoms with Crippen LogP contribution in [0.5, 0.6) is 0 Å². The third-order valence-electron chi connectivity index (χ3n) is 4.35. The minimum absolute atomic E-state index is 0.639. The lowest BCUT2D eigenvalue weighted by Gasteiger charge is -2.17. The summed E-state index contributed by atoms with van der Waals surface area (Å²) in [6.07, 6.45) is 4.45. The Morgan fingerprint density at radius 2 is 2.13 bits per heavy atom. The highest BCUT2D eigenvalue weighted by Crippen LogP contribution is 2.62. The maximum absolute atomic E-state index is 3.55. The Labute approximate surface area is 95.9 Å². The fraction of sp³-hybridized carbons (Fsp3) is 0.692. The second-order valence-corrected chi connectivity index (χ2v) is 6.02. The average molecular weight is 221 g/mol. The van der Waals surface area contributed by atoms with Crippen molar-refractivity contribution in [3.63, 3.8) is 0 Å². The lowest BCUT2D eigenvalue weighted by Crippen LogP contribution is -2.20. The normalized spacial score (nSPS) is 35.2. The number of aryl methyl sites for hydroxylation is 1. The van der Waals surface area contributed by atoms with Crippen molar-refractivity contribution in [2.45, 2.75) is 32.2 Å². The van der Waals surface area contributed by atoms with Crippen molar-refractivity contribution in [3.05, 3.63) is 21.9 Å². The Balaban J connectivity index is 1.81. The second-order valence-electron chi connectivity index (χ2n) is 5.07. The van der Waals surface area contributed by atoms with E-state index in [1.54, 1.807) is 4.88 Å². The number of rotatable bonds is 3. The highest BCUT2D eigenvalue weighted by Gasteiger charge is 2.56. The van der Waals surface area contributed by atoms with Crippen molar-refractivity contribution >= 4 is 11.3 Å². The van der Waals surface area contributed by atoms with Gasteiger partial charge in [0.15, 0.2) is 0 Å². The van der Waals surface area contributed by atoms with Crippen LogP contribution in [0, 0.1) is 24.7 Å². The molecule has 0 aliphatic heterocycles. The summed E-state index contributed by atoms with van der Waals surface area (Å²) in [6, 6.07) is 2.89. The van der Waals surface area contributed by atoms with Crippen LogP contribution < -0.4 is 5.32 Å². The number of nitrogens with one attached hydrogen (secondary N) is 1. The molecule has 3 unspecified atom stereocenters. The SMILES string of the molecule is CNC(c1sccc1C)C1C2CCCC21. The number of fused-ring (bicyclic) bond motifs is 1. The molecule has 15 heavy (non-hydrogen) atoms. The van der Waals surface area contributed by atoms with Crippen molar-refractivity contribution in [1.29, 1.82) is 0 Å². The molecule has 0 saturated heterocycles. The van der Waals surface area contributed by atoms with E-state index in [0.29, 0.717) is 6.04 Å². The molecule has 1 heterocycles. The van der Waals surface area contributed by atoms with E-state index >= 15 is 0 Å². The van der Waals surface area contributed by atoms with Crippen LogP contribution >= 0.6 is 11.3 Å². The van der Waals surface area contributed by atoms with Crippen LogP contribution in [0.2, 0.25) is 0 Å². The van der Waals surface area contributed by atoms with E-state index in [0.717, 1.165) is 17.8 Å². The summed E-state index contributed by atoms with van der Waals surface area (Å²) in [4.78, 5) is 1.58. The van der Waals surface area contributed by atoms with Crippen molar-refractivity contribution in [1.82, 2.24) is 5.32 Å². The van der Waals surface area contributed by atoms with Gasteiger partial charge in [0.2, 0.25) is 0 Å². The Morgan fingerprint density at radius 1 is 1.40 bits per heavy atom. The molecule has 2 heteroatoms. The minimum atomic E-state index is 0.639. The van der Waals surface area contributed by atoms with E-state index in [4.69, 9.17) is 0 Å². The Bertz CT molecular complexity index is 347. The number of hydrogen-bond acceptors (Lipinski definition) is 2. The largest absolute Gasteiger partial charge is 0.312 e. The van der Waals surface area contributed by atoms with Gasteiger partial charge in [-0.2, -0.15) is 0 Å². The molecule has 1 aromatic heterocycles. The van der Waals surface area contributed by atoms with Crippen LogP contribution in [0.4, 0.5) is 0 Å². The van der Waals surface area contributed by atoms with Gasteiger partial charge in [-0.15, -0.1) is 11.3 Å². The Hall–Kier alpha value is -0.340. The third-order valence-corrected chi connectivity index (χ3v) is 5.45. The second kappa shape index (κ2) is 3.60. The van der Waals surface area contributed by atoms with Gasteiger partial charge in [-0.05, 0) is 61.6 Å². The summed E-state index contributed by atoms with van der Waals surface area (Å²) < 4.78 is 0. The lowest BCUT2D eigenvalue weighted by molar-refractivity contribution is 0.449. The van der Waals surface area contributed by atoms with Gasteiger partial charge in [-0.25, -0.2) is 0 Å². The van der Waals surface area contributed by atoms with Crippen LogP contribution in [0.1, 0.15) is 35.7 Å². The molecule has 0 aromatic carbocycles. The molecule has 0 radical (unpaired) electrons. The first kappa shape index (κ1) is 9.86. The maximum Gasteiger partial charge on any atom is 0.0449 e. The molecule has 0 spiro atoms. The minimum Gasteiger partial charge on any atom is -0.312 e. The third kappa shape index (κ3) is 1.46. The molecular formula is C13H19NS. The summed E-state index contributed by atoms with van der Waals surface area (Å²) in [5.74, 6) is 3.04. The summed E-state index contributed by atoms with van der Waals surface area (Å²) in [5, 5.41) is 5.78. The number of thiophene rings is 1. The zero-order valence-electron chi connectivity index (χ0n) is 9.49. The van der Waals surface area contributed by atoms with Crippen LogP contribution in [0.3, 0.4) is 0 Å². The van der Waals surface area contributed by atoms with Gasteiger partial charge < -0.3 is 5.32 Å². The van der Waals surface area contributed by atoms with Gasteiger partial charge in [-0.3, -0.25) is 0 Å². The molecule has 1 nitrogen and oxygen atoms in total. The highest BCUT2D eigenvalue weighted by molar-refractivity contribution is 7.10. The molecule has 1 N–H and O–H groups in total. The molecule has 0 bridgehead atoms. The first-order chi connectivity index (χ1) is 7.33. The van der Waals surface area contributed by atoms with E-state index in [1.807, 2.05) is 11.3 Å². The Morgan fingerprint density at radius 3 is 2.67 bits per heavy atom. The van der Waals surface area contributed by atoms with E-state index < -0.39 is 0 Å². The van der Waals surface area contributed by atoms with Gasteiger partial charge in [0.25, 0.3) is 0 Å². The first-order valence-corrected chi connectivity index (χ1v) is 6.92. The summed E-state index contributed by atoms with van der Waals surface area (Å²) >= 11 is 1.93. The van der Waals surface area contributed by atoms with Crippen molar-refractivity contribution in [2.24, 2.45) is 17.8 Å². The van der Waals surface area contributed by atoms with Gasteiger partial charge >= 0.3 is 0 Å². The maximum atomic E-state index is 3.55. The van der Waals surface area contributed by atoms with Crippen LogP contribution in [-0.4, -0.2) is 7.05 Å². The molecule has 1 aromatic rings. The van der Waals surface area contributed by atoms with Crippen molar-refractivity contribution in [2.75, 3.05) is 7.05 Å². The Kier molecular flexibility index (Phi) is 2.37. The van der Waals surface area contributed by atoms with E-state index in [1.165, 1.54) is 24.8 Å².